The van der Waals surface area contributed by atoms with Gasteiger partial charge in [-0.05, 0) is 62.2 Å². The molecule has 2 N–H and O–H groups in total. The summed E-state index contributed by atoms with van der Waals surface area (Å²) in [4.78, 5) is 38.9. The number of esters is 2. The highest BCUT2D eigenvalue weighted by Gasteiger charge is 2.43. The van der Waals surface area contributed by atoms with Gasteiger partial charge in [-0.2, -0.15) is 26.3 Å². The molecule has 1 fully saturated rings. The fraction of sp³-hybridized carbons (Fsp3) is 0.444. The second kappa shape index (κ2) is 13.3. The van der Waals surface area contributed by atoms with E-state index >= 15 is 0 Å². The topological polar surface area (TPSA) is 101 Å². The number of piperidine rings is 1. The number of likely N-dealkylation sites (tertiary alicyclic amines) is 1. The molecule has 8 nitrogen and oxygen atoms in total. The van der Waals surface area contributed by atoms with Gasteiger partial charge in [0.2, 0.25) is 0 Å². The number of carbonyl (C=O) groups excluding carboxylic acids is 2. The van der Waals surface area contributed by atoms with Crippen molar-refractivity contribution in [1.29, 1.82) is 0 Å². The summed E-state index contributed by atoms with van der Waals surface area (Å²) >= 11 is 0.454. The maximum Gasteiger partial charge on any atom is 0.491 e. The molecule has 0 saturated carbocycles. The van der Waals surface area contributed by atoms with Crippen molar-refractivity contribution in [2.45, 2.75) is 50.7 Å². The zero-order chi connectivity index (χ0) is 30.5. The Bertz CT molecular complexity index is 1460. The number of rotatable bonds is 10. The average Bonchev–Trinajstić information content (AvgIpc) is 3.32. The molecule has 42 heavy (non-hydrogen) atoms. The zero-order valence-corrected chi connectivity index (χ0v) is 22.9. The van der Waals surface area contributed by atoms with Crippen LogP contribution in [0.5, 0.6) is 5.75 Å². The van der Waals surface area contributed by atoms with Crippen molar-refractivity contribution in [2.24, 2.45) is 0 Å². The van der Waals surface area contributed by atoms with E-state index in [1.54, 1.807) is 0 Å². The highest BCUT2D eigenvalue weighted by atomic mass is 32.1. The van der Waals surface area contributed by atoms with E-state index in [1.165, 1.54) is 6.42 Å². The fourth-order valence-corrected chi connectivity index (χ4v) is 5.57. The molecule has 2 aromatic carbocycles. The minimum absolute atomic E-state index is 0.0891. The molecule has 3 aromatic rings. The van der Waals surface area contributed by atoms with Crippen molar-refractivity contribution in [3.05, 3.63) is 62.8 Å². The number of ether oxygens (including phenoxy) is 2. The lowest BCUT2D eigenvalue weighted by Crippen LogP contribution is -2.32. The van der Waals surface area contributed by atoms with Gasteiger partial charge < -0.3 is 19.8 Å². The predicted octanol–water partition coefficient (Wildman–Crippen LogP) is 5.02. The first-order valence-electron chi connectivity index (χ1n) is 13.0. The summed E-state index contributed by atoms with van der Waals surface area (Å²) in [6.45, 7) is 2.89. The molecular weight excluding hydrogens is 592 g/mol. The molecule has 0 amide bonds. The van der Waals surface area contributed by atoms with Gasteiger partial charge in [-0.15, -0.1) is 0 Å². The number of halogens is 6. The number of benzene rings is 2. The summed E-state index contributed by atoms with van der Waals surface area (Å²) in [5.41, 5.74) is 1.69. The number of aromatic amines is 1. The Morgan fingerprint density at radius 1 is 0.976 bits per heavy atom. The maximum absolute atomic E-state index is 13.1. The van der Waals surface area contributed by atoms with Crippen LogP contribution in [0.25, 0.3) is 10.2 Å². The van der Waals surface area contributed by atoms with Gasteiger partial charge >= 0.3 is 29.2 Å². The second-order valence-corrected chi connectivity index (χ2v) is 10.7. The minimum Gasteiger partial charge on any atom is -0.449 e. The maximum atomic E-state index is 13.1. The molecule has 1 aliphatic rings. The summed E-state index contributed by atoms with van der Waals surface area (Å²) in [5.74, 6) is -5.69. The van der Waals surface area contributed by atoms with Crippen LogP contribution in [0.2, 0.25) is 0 Å². The zero-order valence-electron chi connectivity index (χ0n) is 22.1. The first kappa shape index (κ1) is 31.5. The molecule has 0 aliphatic carbocycles. The summed E-state index contributed by atoms with van der Waals surface area (Å²) in [6, 6.07) is 9.86. The number of alkyl halides is 6. The third kappa shape index (κ3) is 8.32. The lowest BCUT2D eigenvalue weighted by Gasteiger charge is -2.26. The number of fused-ring (bicyclic) bond motifs is 1. The van der Waals surface area contributed by atoms with Crippen LogP contribution in [0.3, 0.4) is 0 Å². The number of hydrogen-bond acceptors (Lipinski definition) is 8. The Morgan fingerprint density at radius 2 is 1.67 bits per heavy atom. The lowest BCUT2D eigenvalue weighted by atomic mass is 10.1. The molecule has 1 atom stereocenters. The first-order valence-corrected chi connectivity index (χ1v) is 13.9. The van der Waals surface area contributed by atoms with Gasteiger partial charge in [0.15, 0.2) is 5.75 Å². The van der Waals surface area contributed by atoms with Gasteiger partial charge in [0.25, 0.3) is 0 Å². The van der Waals surface area contributed by atoms with Crippen LogP contribution in [-0.2, 0) is 27.3 Å². The number of hydrogen-bond donors (Lipinski definition) is 2. The van der Waals surface area contributed by atoms with Crippen LogP contribution < -0.4 is 14.9 Å². The van der Waals surface area contributed by atoms with Crippen molar-refractivity contribution >= 4 is 33.5 Å². The molecule has 0 unspecified atom stereocenters. The van der Waals surface area contributed by atoms with Crippen LogP contribution in [0.15, 0.2) is 41.2 Å². The number of carbonyl (C=O) groups is 2. The lowest BCUT2D eigenvalue weighted by molar-refractivity contribution is -0.205. The van der Waals surface area contributed by atoms with E-state index in [-0.39, 0.29) is 22.3 Å². The van der Waals surface area contributed by atoms with Crippen molar-refractivity contribution < 1.29 is 45.4 Å². The van der Waals surface area contributed by atoms with Crippen LogP contribution >= 0.6 is 11.3 Å². The first-order chi connectivity index (χ1) is 19.8. The van der Waals surface area contributed by atoms with E-state index in [9.17, 15) is 40.7 Å². The van der Waals surface area contributed by atoms with E-state index in [0.717, 1.165) is 55.7 Å². The number of nitrogens with zero attached hydrogens (tertiary/aromatic N) is 1. The van der Waals surface area contributed by atoms with Gasteiger partial charge in [-0.25, -0.2) is 9.59 Å². The standard InChI is InChI=1S/C27H27F6N3O5S/c28-26(29,30)23(37)40-19-8-7-18(22-21(19)35-25(39)42-22)20(41-24(38)27(31,32)33)14-34-10-9-16-5-4-6-17(13-16)15-36-11-2-1-3-12-36/h4-8,13,20,34H,1-3,9-12,14-15H2,(H,35,39)/t20-/m0/s1. The Morgan fingerprint density at radius 3 is 2.36 bits per heavy atom. The molecule has 0 spiro atoms. The third-order valence-corrected chi connectivity index (χ3v) is 7.53. The monoisotopic (exact) mass is 619 g/mol. The Hall–Kier alpha value is -3.43. The number of nitrogens with one attached hydrogen (secondary N) is 2. The quantitative estimate of drug-likeness (QED) is 0.142. The second-order valence-electron chi connectivity index (χ2n) is 9.76. The molecule has 0 bridgehead atoms. The van der Waals surface area contributed by atoms with E-state index in [4.69, 9.17) is 4.74 Å². The summed E-state index contributed by atoms with van der Waals surface area (Å²) < 4.78 is 86.3. The highest BCUT2D eigenvalue weighted by Crippen LogP contribution is 2.35. The van der Waals surface area contributed by atoms with E-state index in [2.05, 4.69) is 26.0 Å². The van der Waals surface area contributed by atoms with Crippen molar-refractivity contribution in [3.8, 4) is 5.75 Å². The molecule has 15 heteroatoms. The number of H-pyrrole nitrogens is 1. The fourth-order valence-electron chi connectivity index (χ4n) is 4.66. The molecule has 1 aliphatic heterocycles. The van der Waals surface area contributed by atoms with Crippen molar-refractivity contribution in [3.63, 3.8) is 0 Å². The molecule has 228 valence electrons. The Labute approximate surface area is 239 Å². The molecule has 0 radical (unpaired) electrons. The van der Waals surface area contributed by atoms with E-state index < -0.39 is 41.0 Å². The van der Waals surface area contributed by atoms with Crippen molar-refractivity contribution in [2.75, 3.05) is 26.2 Å². The van der Waals surface area contributed by atoms with Crippen LogP contribution in [-0.4, -0.2) is 60.4 Å². The average molecular weight is 620 g/mol. The van der Waals surface area contributed by atoms with Gasteiger partial charge in [0.1, 0.15) is 11.6 Å². The smallest absolute Gasteiger partial charge is 0.449 e. The predicted molar refractivity (Wildman–Crippen MR) is 141 cm³/mol. The minimum atomic E-state index is -5.33. The van der Waals surface area contributed by atoms with E-state index in [1.807, 2.05) is 18.2 Å². The van der Waals surface area contributed by atoms with Crippen molar-refractivity contribution in [1.82, 2.24) is 15.2 Å². The van der Waals surface area contributed by atoms with Crippen LogP contribution in [0.4, 0.5) is 26.3 Å². The van der Waals surface area contributed by atoms with Gasteiger partial charge in [0.05, 0.1) is 4.70 Å². The number of aromatic nitrogens is 1. The van der Waals surface area contributed by atoms with Crippen LogP contribution in [0.1, 0.15) is 42.1 Å². The Balaban J connectivity index is 1.49. The SMILES string of the molecule is O=C(Oc1ccc([C@H](CNCCc2cccc(CN3CCCCC3)c2)OC(=O)C(F)(F)F)c2sc(=O)[nH]c12)C(F)(F)F. The molecular formula is C27H27F6N3O5S. The van der Waals surface area contributed by atoms with Gasteiger partial charge in [-0.3, -0.25) is 9.69 Å². The molecule has 1 aromatic heterocycles. The summed E-state index contributed by atoms with van der Waals surface area (Å²) in [5, 5.41) is 2.96. The van der Waals surface area contributed by atoms with Crippen LogP contribution in [0, 0.1) is 0 Å². The van der Waals surface area contributed by atoms with E-state index in [0.29, 0.717) is 24.3 Å². The third-order valence-electron chi connectivity index (χ3n) is 6.60. The van der Waals surface area contributed by atoms with Gasteiger partial charge in [0, 0.05) is 18.7 Å². The number of thiazole rings is 1. The molecule has 1 saturated heterocycles. The van der Waals surface area contributed by atoms with Gasteiger partial charge in [-0.1, -0.05) is 42.0 Å². The molecule has 4 rings (SSSR count). The highest BCUT2D eigenvalue weighted by molar-refractivity contribution is 7.16. The Kier molecular flexibility index (Phi) is 9.94. The molecule has 2 heterocycles. The normalized spacial score (nSPS) is 15.5. The summed E-state index contributed by atoms with van der Waals surface area (Å²) in [6.07, 6.45) is -8.17. The summed E-state index contributed by atoms with van der Waals surface area (Å²) in [7, 11) is 0. The largest absolute Gasteiger partial charge is 0.491 e.